The van der Waals surface area contributed by atoms with Crippen LogP contribution in [0.2, 0.25) is 0 Å². The summed E-state index contributed by atoms with van der Waals surface area (Å²) < 4.78 is 2.04. The number of pyridine rings is 1. The number of hydrogen-bond donors (Lipinski definition) is 1. The number of hydrogen-bond acceptors (Lipinski definition) is 5. The van der Waals surface area contributed by atoms with E-state index in [0.29, 0.717) is 6.42 Å². The molecular formula is C25H23N5O. The van der Waals surface area contributed by atoms with Gasteiger partial charge in [-0.3, -0.25) is 9.36 Å². The minimum absolute atomic E-state index is 0.222. The van der Waals surface area contributed by atoms with E-state index in [1.54, 1.807) is 6.20 Å². The molecule has 0 fully saturated rings. The molecule has 0 saturated carbocycles. The van der Waals surface area contributed by atoms with E-state index in [1.165, 1.54) is 0 Å². The number of anilines is 2. The SMILES string of the molecule is CC(C)(C)C(=O)Cc1ccc(-c2nnc3n2-c2cccnc2Nc2ccccc2-3)cc1. The van der Waals surface area contributed by atoms with Crippen LogP contribution in [0.1, 0.15) is 26.3 Å². The summed E-state index contributed by atoms with van der Waals surface area (Å²) in [6.07, 6.45) is 2.19. The Labute approximate surface area is 181 Å². The molecule has 2 aromatic heterocycles. The molecule has 2 aromatic carbocycles. The van der Waals surface area contributed by atoms with Crippen molar-refractivity contribution < 1.29 is 4.79 Å². The Balaban J connectivity index is 1.60. The van der Waals surface area contributed by atoms with Crippen molar-refractivity contribution in [3.8, 4) is 28.5 Å². The fraction of sp³-hybridized carbons (Fsp3) is 0.200. The second-order valence-corrected chi connectivity index (χ2v) is 8.77. The Morgan fingerprint density at radius 3 is 2.45 bits per heavy atom. The van der Waals surface area contributed by atoms with Crippen LogP contribution in [0, 0.1) is 5.41 Å². The molecule has 6 heteroatoms. The summed E-state index contributed by atoms with van der Waals surface area (Å²) in [4.78, 5) is 16.9. The molecule has 0 atom stereocenters. The number of aromatic nitrogens is 4. The van der Waals surface area contributed by atoms with Gasteiger partial charge in [-0.05, 0) is 29.8 Å². The minimum Gasteiger partial charge on any atom is -0.338 e. The highest BCUT2D eigenvalue weighted by Crippen LogP contribution is 2.38. The predicted molar refractivity (Wildman–Crippen MR) is 121 cm³/mol. The van der Waals surface area contributed by atoms with Crippen molar-refractivity contribution in [1.82, 2.24) is 19.7 Å². The summed E-state index contributed by atoms with van der Waals surface area (Å²) in [5, 5.41) is 12.5. The molecule has 1 aliphatic heterocycles. The highest BCUT2D eigenvalue weighted by Gasteiger charge is 2.25. The standard InChI is InChI=1S/C25H23N5O/c1-25(2,3)21(31)15-16-10-12-17(13-11-16)23-28-29-24-18-7-4-5-8-19(18)27-22-20(30(23)24)9-6-14-26-22/h4-14H,15H2,1-3H3,(H,26,27). The van der Waals surface area contributed by atoms with Gasteiger partial charge in [-0.2, -0.15) is 0 Å². The van der Waals surface area contributed by atoms with Gasteiger partial charge in [0.2, 0.25) is 0 Å². The summed E-state index contributed by atoms with van der Waals surface area (Å²) in [7, 11) is 0. The first-order valence-electron chi connectivity index (χ1n) is 10.3. The van der Waals surface area contributed by atoms with E-state index in [4.69, 9.17) is 0 Å². The Bertz CT molecular complexity index is 1280. The maximum absolute atomic E-state index is 12.4. The lowest BCUT2D eigenvalue weighted by atomic mass is 9.87. The highest BCUT2D eigenvalue weighted by atomic mass is 16.1. The van der Waals surface area contributed by atoms with Gasteiger partial charge in [-0.1, -0.05) is 57.2 Å². The maximum atomic E-state index is 12.4. The second kappa shape index (κ2) is 7.16. The fourth-order valence-electron chi connectivity index (χ4n) is 3.68. The lowest BCUT2D eigenvalue weighted by molar-refractivity contribution is -0.125. The fourth-order valence-corrected chi connectivity index (χ4v) is 3.68. The van der Waals surface area contributed by atoms with Crippen LogP contribution in [0.25, 0.3) is 28.5 Å². The summed E-state index contributed by atoms with van der Waals surface area (Å²) in [5.74, 6) is 2.47. The average molecular weight is 409 g/mol. The third kappa shape index (κ3) is 3.40. The van der Waals surface area contributed by atoms with Crippen LogP contribution >= 0.6 is 0 Å². The average Bonchev–Trinajstić information content (AvgIpc) is 3.13. The number of Topliss-reactive ketones (excluding diaryl/α,β-unsaturated/α-hetero) is 1. The van der Waals surface area contributed by atoms with E-state index < -0.39 is 0 Å². The van der Waals surface area contributed by atoms with Crippen LogP contribution in [0.4, 0.5) is 11.5 Å². The number of fused-ring (bicyclic) bond motifs is 5. The molecule has 31 heavy (non-hydrogen) atoms. The van der Waals surface area contributed by atoms with Crippen molar-refractivity contribution in [2.75, 3.05) is 5.32 Å². The van der Waals surface area contributed by atoms with Gasteiger partial charge in [0.25, 0.3) is 0 Å². The van der Waals surface area contributed by atoms with E-state index in [-0.39, 0.29) is 11.2 Å². The first kappa shape index (κ1) is 19.2. The summed E-state index contributed by atoms with van der Waals surface area (Å²) in [6, 6.07) is 19.9. The molecule has 0 amide bonds. The molecule has 5 rings (SSSR count). The van der Waals surface area contributed by atoms with Crippen molar-refractivity contribution >= 4 is 17.3 Å². The van der Waals surface area contributed by atoms with E-state index >= 15 is 0 Å². The smallest absolute Gasteiger partial charge is 0.171 e. The van der Waals surface area contributed by atoms with Crippen molar-refractivity contribution in [1.29, 1.82) is 0 Å². The minimum atomic E-state index is -0.347. The highest BCUT2D eigenvalue weighted by molar-refractivity contribution is 5.86. The van der Waals surface area contributed by atoms with E-state index in [1.807, 2.05) is 86.0 Å². The molecule has 0 aliphatic carbocycles. The summed E-state index contributed by atoms with van der Waals surface area (Å²) in [6.45, 7) is 5.85. The molecule has 1 aliphatic rings. The predicted octanol–water partition coefficient (Wildman–Crippen LogP) is 5.21. The molecule has 4 aromatic rings. The molecule has 0 bridgehead atoms. The van der Waals surface area contributed by atoms with Crippen molar-refractivity contribution in [2.24, 2.45) is 5.41 Å². The van der Waals surface area contributed by atoms with E-state index in [9.17, 15) is 4.79 Å². The van der Waals surface area contributed by atoms with Gasteiger partial charge in [-0.15, -0.1) is 10.2 Å². The molecular weight excluding hydrogens is 386 g/mol. The first-order valence-corrected chi connectivity index (χ1v) is 10.3. The van der Waals surface area contributed by atoms with Crippen molar-refractivity contribution in [3.63, 3.8) is 0 Å². The molecule has 154 valence electrons. The number of carbonyl (C=O) groups is 1. The Morgan fingerprint density at radius 2 is 1.68 bits per heavy atom. The summed E-state index contributed by atoms with van der Waals surface area (Å²) >= 11 is 0. The molecule has 0 saturated heterocycles. The lowest BCUT2D eigenvalue weighted by Gasteiger charge is -2.16. The lowest BCUT2D eigenvalue weighted by Crippen LogP contribution is -2.22. The van der Waals surface area contributed by atoms with E-state index in [0.717, 1.165) is 45.5 Å². The normalized spacial score (nSPS) is 12.2. The summed E-state index contributed by atoms with van der Waals surface area (Å²) in [5.41, 5.74) is 4.37. The van der Waals surface area contributed by atoms with Crippen LogP contribution < -0.4 is 5.32 Å². The van der Waals surface area contributed by atoms with Crippen molar-refractivity contribution in [3.05, 3.63) is 72.4 Å². The van der Waals surface area contributed by atoms with Crippen LogP contribution in [0.5, 0.6) is 0 Å². The molecule has 3 heterocycles. The molecule has 0 radical (unpaired) electrons. The van der Waals surface area contributed by atoms with Crippen LogP contribution in [-0.4, -0.2) is 25.5 Å². The number of benzene rings is 2. The monoisotopic (exact) mass is 409 g/mol. The molecule has 0 unspecified atom stereocenters. The maximum Gasteiger partial charge on any atom is 0.171 e. The quantitative estimate of drug-likeness (QED) is 0.443. The Kier molecular flexibility index (Phi) is 4.43. The second-order valence-electron chi connectivity index (χ2n) is 8.77. The van der Waals surface area contributed by atoms with Gasteiger partial charge in [0.05, 0.1) is 11.4 Å². The zero-order chi connectivity index (χ0) is 21.6. The number of ketones is 1. The Hall–Kier alpha value is -3.80. The number of carbonyl (C=O) groups excluding carboxylic acids is 1. The first-order chi connectivity index (χ1) is 14.9. The molecule has 6 nitrogen and oxygen atoms in total. The largest absolute Gasteiger partial charge is 0.338 e. The van der Waals surface area contributed by atoms with Gasteiger partial charge in [0.1, 0.15) is 5.78 Å². The number of nitrogens with zero attached hydrogens (tertiary/aromatic N) is 4. The van der Waals surface area contributed by atoms with Gasteiger partial charge >= 0.3 is 0 Å². The van der Waals surface area contributed by atoms with Gasteiger partial charge in [-0.25, -0.2) is 4.98 Å². The topological polar surface area (TPSA) is 72.7 Å². The molecule has 0 spiro atoms. The third-order valence-electron chi connectivity index (χ3n) is 5.52. The van der Waals surface area contributed by atoms with Crippen LogP contribution in [-0.2, 0) is 11.2 Å². The van der Waals surface area contributed by atoms with E-state index in [2.05, 4.69) is 20.5 Å². The number of para-hydroxylation sites is 1. The number of rotatable bonds is 3. The Morgan fingerprint density at radius 1 is 0.935 bits per heavy atom. The van der Waals surface area contributed by atoms with Crippen LogP contribution in [0.3, 0.4) is 0 Å². The van der Waals surface area contributed by atoms with Crippen LogP contribution in [0.15, 0.2) is 66.9 Å². The zero-order valence-corrected chi connectivity index (χ0v) is 17.8. The van der Waals surface area contributed by atoms with Gasteiger partial charge in [0, 0.05) is 29.2 Å². The zero-order valence-electron chi connectivity index (χ0n) is 17.8. The number of nitrogens with one attached hydrogen (secondary N) is 1. The third-order valence-corrected chi connectivity index (χ3v) is 5.52. The van der Waals surface area contributed by atoms with Gasteiger partial charge < -0.3 is 5.32 Å². The molecule has 1 N–H and O–H groups in total. The van der Waals surface area contributed by atoms with Gasteiger partial charge in [0.15, 0.2) is 17.5 Å². The van der Waals surface area contributed by atoms with Crippen molar-refractivity contribution in [2.45, 2.75) is 27.2 Å².